The third-order valence-corrected chi connectivity index (χ3v) is 16.4. The second-order valence-corrected chi connectivity index (χ2v) is 20.8. The molecule has 1 heterocycles. The molecule has 11 aromatic rings. The number of fused-ring (bicyclic) bond motifs is 7. The predicted octanol–water partition coefficient (Wildman–Crippen LogP) is 20.0. The van der Waals surface area contributed by atoms with Gasteiger partial charge in [0.05, 0.1) is 11.0 Å². The Morgan fingerprint density at radius 3 is 1.91 bits per heavy atom. The van der Waals surface area contributed by atoms with Crippen molar-refractivity contribution in [2.45, 2.75) is 43.9 Å². The van der Waals surface area contributed by atoms with Gasteiger partial charge in [-0.3, -0.25) is 0 Å². The molecule has 2 aliphatic rings. The first-order chi connectivity index (χ1) is 37.6. The van der Waals surface area contributed by atoms with Gasteiger partial charge in [0.1, 0.15) is 0 Å². The molecule has 0 N–H and O–H groups in total. The Balaban J connectivity index is 0.898. The zero-order valence-electron chi connectivity index (χ0n) is 43.0. The SMILES string of the molecule is C=Cc1ccc(CCCCCC2(c3ccccc3)c3ccccc3-c3ccc(N(c4ccc(-c5ccc6c(c5)c5cc(C7=CCC(C=C)C=C7)ccc5n6-c5ccccc5)cc4)c4ccc5ccccc5c4)cc32)cc1. The van der Waals surface area contributed by atoms with Crippen molar-refractivity contribution in [1.29, 1.82) is 0 Å². The van der Waals surface area contributed by atoms with E-state index in [0.29, 0.717) is 5.92 Å². The highest BCUT2D eigenvalue weighted by Gasteiger charge is 2.44. The largest absolute Gasteiger partial charge is 0.310 e. The lowest BCUT2D eigenvalue weighted by Gasteiger charge is -2.34. The van der Waals surface area contributed by atoms with Gasteiger partial charge in [-0.25, -0.2) is 0 Å². The Labute approximate surface area is 447 Å². The van der Waals surface area contributed by atoms with Crippen molar-refractivity contribution in [3.05, 3.63) is 301 Å². The topological polar surface area (TPSA) is 8.17 Å². The van der Waals surface area contributed by atoms with Crippen molar-refractivity contribution in [1.82, 2.24) is 4.57 Å². The van der Waals surface area contributed by atoms with Gasteiger partial charge in [-0.2, -0.15) is 0 Å². The van der Waals surface area contributed by atoms with Crippen molar-refractivity contribution in [3.8, 4) is 27.9 Å². The van der Waals surface area contributed by atoms with Crippen LogP contribution in [0.15, 0.2) is 268 Å². The molecule has 0 fully saturated rings. The molecule has 2 atom stereocenters. The van der Waals surface area contributed by atoms with Crippen LogP contribution in [-0.4, -0.2) is 4.57 Å². The molecule has 0 saturated heterocycles. The molecule has 0 radical (unpaired) electrons. The van der Waals surface area contributed by atoms with Gasteiger partial charge >= 0.3 is 0 Å². The van der Waals surface area contributed by atoms with Crippen molar-refractivity contribution >= 4 is 61.3 Å². The molecule has 0 amide bonds. The van der Waals surface area contributed by atoms with Gasteiger partial charge in [-0.05, 0) is 176 Å². The van der Waals surface area contributed by atoms with Gasteiger partial charge in [0.15, 0.2) is 0 Å². The van der Waals surface area contributed by atoms with E-state index in [4.69, 9.17) is 0 Å². The van der Waals surface area contributed by atoms with Crippen LogP contribution in [0.5, 0.6) is 0 Å². The van der Waals surface area contributed by atoms with Crippen LogP contribution in [0.1, 0.15) is 65.5 Å². The maximum atomic E-state index is 4.04. The number of aryl methyl sites for hydroxylation is 1. The summed E-state index contributed by atoms with van der Waals surface area (Å²) in [5.41, 5.74) is 20.8. The van der Waals surface area contributed by atoms with Crippen molar-refractivity contribution in [3.63, 3.8) is 0 Å². The standard InChI is InChI=1S/C74H60N2/c1-3-52-27-29-54(30-28-52)18-8-7-17-47-74(61-21-9-5-10-22-61)70-26-16-15-25-66(70)67-44-43-65(51-71(67)74)75(64-42-37-55-19-13-14-20-58(55)48-64)63-40-35-57(36-41-63)60-39-46-73-69(50-60)68-49-59(56-33-31-53(4-2)32-34-56)38-45-72(68)76(73)62-23-11-6-12-24-62/h3-6,9-16,19-31,33-46,48-51,53H,1-2,7-8,17-18,32,47H2. The molecular formula is C74H60N2. The van der Waals surface area contributed by atoms with E-state index in [1.807, 2.05) is 12.2 Å². The zero-order chi connectivity index (χ0) is 51.0. The molecule has 2 aliphatic carbocycles. The Bertz CT molecular complexity index is 4020. The molecular weight excluding hydrogens is 917 g/mol. The fourth-order valence-corrected chi connectivity index (χ4v) is 12.5. The van der Waals surface area contributed by atoms with Crippen molar-refractivity contribution < 1.29 is 0 Å². The van der Waals surface area contributed by atoms with Crippen molar-refractivity contribution in [2.24, 2.45) is 5.92 Å². The summed E-state index contributed by atoms with van der Waals surface area (Å²) in [7, 11) is 0. The van der Waals surface area contributed by atoms with E-state index in [1.165, 1.54) is 93.8 Å². The molecule has 13 rings (SSSR count). The average molecular weight is 977 g/mol. The highest BCUT2D eigenvalue weighted by Crippen LogP contribution is 2.56. The van der Waals surface area contributed by atoms with Crippen LogP contribution in [0.3, 0.4) is 0 Å². The Morgan fingerprint density at radius 1 is 0.513 bits per heavy atom. The number of allylic oxidation sites excluding steroid dienone is 5. The van der Waals surface area contributed by atoms with E-state index >= 15 is 0 Å². The maximum Gasteiger partial charge on any atom is 0.0541 e. The van der Waals surface area contributed by atoms with Crippen LogP contribution < -0.4 is 4.90 Å². The number of anilines is 3. The Morgan fingerprint density at radius 2 is 1.16 bits per heavy atom. The van der Waals surface area contributed by atoms with Crippen molar-refractivity contribution in [2.75, 3.05) is 4.90 Å². The number of para-hydroxylation sites is 1. The van der Waals surface area contributed by atoms with Crippen LogP contribution in [0.4, 0.5) is 17.1 Å². The van der Waals surface area contributed by atoms with E-state index < -0.39 is 0 Å². The zero-order valence-corrected chi connectivity index (χ0v) is 43.0. The molecule has 10 aromatic carbocycles. The smallest absolute Gasteiger partial charge is 0.0541 e. The Kier molecular flexibility index (Phi) is 12.3. The quantitative estimate of drug-likeness (QED) is 0.0734. The molecule has 366 valence electrons. The summed E-state index contributed by atoms with van der Waals surface area (Å²) < 4.78 is 2.41. The highest BCUT2D eigenvalue weighted by atomic mass is 15.1. The minimum absolute atomic E-state index is 0.310. The van der Waals surface area contributed by atoms with Crippen LogP contribution in [-0.2, 0) is 11.8 Å². The van der Waals surface area contributed by atoms with Crippen LogP contribution in [0, 0.1) is 5.92 Å². The minimum atomic E-state index is -0.310. The lowest BCUT2D eigenvalue weighted by atomic mass is 9.69. The summed E-state index contributed by atoms with van der Waals surface area (Å²) in [4.78, 5) is 2.47. The van der Waals surface area contributed by atoms with Gasteiger partial charge in [-0.1, -0.05) is 208 Å². The van der Waals surface area contributed by atoms with Gasteiger partial charge in [0.2, 0.25) is 0 Å². The Hall–Kier alpha value is -8.98. The summed E-state index contributed by atoms with van der Waals surface area (Å²) in [5.74, 6) is 0.384. The number of hydrogen-bond donors (Lipinski definition) is 0. The number of unbranched alkanes of at least 4 members (excludes halogenated alkanes) is 2. The van der Waals surface area contributed by atoms with Crippen LogP contribution >= 0.6 is 0 Å². The normalized spacial score (nSPS) is 15.6. The second kappa shape index (κ2) is 20.0. The highest BCUT2D eigenvalue weighted by molar-refractivity contribution is 6.11. The molecule has 2 nitrogen and oxygen atoms in total. The molecule has 0 bridgehead atoms. The maximum absolute atomic E-state index is 4.04. The summed E-state index contributed by atoms with van der Waals surface area (Å²) in [6.45, 7) is 7.99. The fraction of sp³-hybridized carbons (Fsp3) is 0.108. The first-order valence-electron chi connectivity index (χ1n) is 27.1. The average Bonchev–Trinajstić information content (AvgIpc) is 4.07. The summed E-state index contributed by atoms with van der Waals surface area (Å²) in [6.07, 6.45) is 17.3. The first kappa shape index (κ1) is 46.8. The predicted molar refractivity (Wildman–Crippen MR) is 324 cm³/mol. The molecule has 2 heteroatoms. The second-order valence-electron chi connectivity index (χ2n) is 20.8. The molecule has 0 spiro atoms. The lowest BCUT2D eigenvalue weighted by molar-refractivity contribution is 0.518. The summed E-state index contributed by atoms with van der Waals surface area (Å²) in [5, 5.41) is 4.93. The van der Waals surface area contributed by atoms with E-state index in [0.717, 1.165) is 61.3 Å². The third-order valence-electron chi connectivity index (χ3n) is 16.4. The summed E-state index contributed by atoms with van der Waals surface area (Å²) in [6, 6.07) is 86.2. The number of benzene rings is 10. The van der Waals surface area contributed by atoms with Gasteiger partial charge < -0.3 is 9.47 Å². The number of hydrogen-bond acceptors (Lipinski definition) is 1. The third kappa shape index (κ3) is 8.41. The number of nitrogens with zero attached hydrogens (tertiary/aromatic N) is 2. The molecule has 1 aromatic heterocycles. The lowest BCUT2D eigenvalue weighted by Crippen LogP contribution is -2.27. The molecule has 0 aliphatic heterocycles. The summed E-state index contributed by atoms with van der Waals surface area (Å²) >= 11 is 0. The van der Waals surface area contributed by atoms with Gasteiger partial charge in [0.25, 0.3) is 0 Å². The van der Waals surface area contributed by atoms with E-state index in [-0.39, 0.29) is 5.41 Å². The molecule has 0 saturated carbocycles. The van der Waals surface area contributed by atoms with Crippen LogP contribution in [0.2, 0.25) is 0 Å². The number of aromatic nitrogens is 1. The minimum Gasteiger partial charge on any atom is -0.310 e. The van der Waals surface area contributed by atoms with E-state index in [2.05, 4.69) is 271 Å². The van der Waals surface area contributed by atoms with Gasteiger partial charge in [0, 0.05) is 38.9 Å². The first-order valence-corrected chi connectivity index (χ1v) is 27.1. The molecule has 2 unspecified atom stereocenters. The fourth-order valence-electron chi connectivity index (χ4n) is 12.5. The van der Waals surface area contributed by atoms with Crippen LogP contribution in [0.25, 0.3) is 72.2 Å². The monoisotopic (exact) mass is 976 g/mol. The van der Waals surface area contributed by atoms with E-state index in [9.17, 15) is 0 Å². The van der Waals surface area contributed by atoms with Gasteiger partial charge in [-0.15, -0.1) is 6.58 Å². The van der Waals surface area contributed by atoms with E-state index in [1.54, 1.807) is 0 Å². The molecule has 76 heavy (non-hydrogen) atoms. The number of rotatable bonds is 15.